The Balaban J connectivity index is 1.23. The van der Waals surface area contributed by atoms with E-state index in [4.69, 9.17) is 0 Å². The second kappa shape index (κ2) is 8.94. The van der Waals surface area contributed by atoms with Gasteiger partial charge in [-0.05, 0) is 56.4 Å². The van der Waals surface area contributed by atoms with E-state index in [-0.39, 0.29) is 11.8 Å². The molecule has 6 heteroatoms. The molecule has 2 amide bonds. The number of piperidine rings is 1. The average molecular weight is 409 g/mol. The molecule has 1 aromatic heterocycles. The van der Waals surface area contributed by atoms with Gasteiger partial charge in [0.2, 0.25) is 5.91 Å². The zero-order valence-corrected chi connectivity index (χ0v) is 18.1. The molecule has 3 heterocycles. The maximum atomic E-state index is 12.8. The van der Waals surface area contributed by atoms with Crippen LogP contribution in [0.15, 0.2) is 36.4 Å². The minimum absolute atomic E-state index is 0.0856. The van der Waals surface area contributed by atoms with E-state index in [2.05, 4.69) is 34.1 Å². The summed E-state index contributed by atoms with van der Waals surface area (Å²) in [6, 6.07) is 12.4. The van der Waals surface area contributed by atoms with E-state index in [0.717, 1.165) is 63.4 Å². The number of para-hydroxylation sites is 1. The highest BCUT2D eigenvalue weighted by molar-refractivity contribution is 5.94. The van der Waals surface area contributed by atoms with Crippen LogP contribution in [0.1, 0.15) is 41.0 Å². The zero-order chi connectivity index (χ0) is 21.1. The van der Waals surface area contributed by atoms with Crippen molar-refractivity contribution in [1.82, 2.24) is 14.8 Å². The number of rotatable bonds is 4. The summed E-state index contributed by atoms with van der Waals surface area (Å²) in [5.41, 5.74) is 3.96. The van der Waals surface area contributed by atoms with Crippen molar-refractivity contribution in [3.05, 3.63) is 53.3 Å². The summed E-state index contributed by atoms with van der Waals surface area (Å²) < 4.78 is 0. The van der Waals surface area contributed by atoms with Crippen molar-refractivity contribution in [2.75, 3.05) is 44.2 Å². The van der Waals surface area contributed by atoms with E-state index < -0.39 is 0 Å². The third-order valence-corrected chi connectivity index (χ3v) is 6.48. The zero-order valence-electron chi connectivity index (χ0n) is 18.1. The minimum Gasteiger partial charge on any atom is -0.368 e. The number of aromatic nitrogens is 1. The molecule has 2 fully saturated rings. The highest BCUT2D eigenvalue weighted by atomic mass is 16.2. The van der Waals surface area contributed by atoms with Gasteiger partial charge in [0.1, 0.15) is 5.69 Å². The number of H-pyrrole nitrogens is 1. The first-order valence-electron chi connectivity index (χ1n) is 11.0. The largest absolute Gasteiger partial charge is 0.368 e. The number of likely N-dealkylation sites (tertiary alicyclic amines) is 1. The lowest BCUT2D eigenvalue weighted by Crippen LogP contribution is -2.49. The van der Waals surface area contributed by atoms with Crippen molar-refractivity contribution < 1.29 is 9.59 Å². The third kappa shape index (κ3) is 4.53. The molecule has 1 N–H and O–H groups in total. The van der Waals surface area contributed by atoms with Crippen LogP contribution >= 0.6 is 0 Å². The standard InChI is InChI=1S/C24H32N4O2/c1-18-16-19(2)25-23(18)24(30)28-10-8-20(9-11-28)17-22(29)27-14-12-26(13-15-27)21-6-4-3-5-7-21/h3-7,16,20,25H,8-15,17H2,1-2H3. The van der Waals surface area contributed by atoms with Gasteiger partial charge in [-0.1, -0.05) is 18.2 Å². The number of hydrogen-bond donors (Lipinski definition) is 1. The van der Waals surface area contributed by atoms with Gasteiger partial charge in [-0.25, -0.2) is 0 Å². The average Bonchev–Trinajstić information content (AvgIpc) is 3.12. The lowest BCUT2D eigenvalue weighted by atomic mass is 9.92. The number of nitrogens with zero attached hydrogens (tertiary/aromatic N) is 3. The quantitative estimate of drug-likeness (QED) is 0.845. The Morgan fingerprint density at radius 2 is 1.60 bits per heavy atom. The number of hydrogen-bond acceptors (Lipinski definition) is 3. The molecule has 0 saturated carbocycles. The molecule has 2 aliphatic heterocycles. The molecule has 4 rings (SSSR count). The number of piperazine rings is 1. The molecule has 160 valence electrons. The monoisotopic (exact) mass is 408 g/mol. The van der Waals surface area contributed by atoms with Crippen molar-refractivity contribution in [3.8, 4) is 0 Å². The topological polar surface area (TPSA) is 59.7 Å². The van der Waals surface area contributed by atoms with Crippen LogP contribution in [-0.4, -0.2) is 65.9 Å². The number of anilines is 1. The van der Waals surface area contributed by atoms with Crippen LogP contribution in [0.5, 0.6) is 0 Å². The first kappa shape index (κ1) is 20.5. The molecule has 1 aromatic carbocycles. The van der Waals surface area contributed by atoms with Gasteiger partial charge in [0.15, 0.2) is 0 Å². The van der Waals surface area contributed by atoms with Crippen LogP contribution < -0.4 is 4.90 Å². The lowest BCUT2D eigenvalue weighted by molar-refractivity contribution is -0.132. The summed E-state index contributed by atoms with van der Waals surface area (Å²) in [5, 5.41) is 0. The fourth-order valence-electron chi connectivity index (χ4n) is 4.68. The molecular formula is C24H32N4O2. The fourth-order valence-corrected chi connectivity index (χ4v) is 4.68. The van der Waals surface area contributed by atoms with E-state index in [1.807, 2.05) is 35.8 Å². The van der Waals surface area contributed by atoms with Gasteiger partial charge >= 0.3 is 0 Å². The van der Waals surface area contributed by atoms with Crippen LogP contribution in [0.3, 0.4) is 0 Å². The molecule has 0 atom stereocenters. The van der Waals surface area contributed by atoms with Crippen LogP contribution in [0, 0.1) is 19.8 Å². The Labute approximate surface area is 178 Å². The Bertz CT molecular complexity index is 876. The molecule has 0 radical (unpaired) electrons. The first-order valence-corrected chi connectivity index (χ1v) is 11.0. The SMILES string of the molecule is Cc1cc(C)c(C(=O)N2CCC(CC(=O)N3CCN(c4ccccc4)CC3)CC2)[nH]1. The van der Waals surface area contributed by atoms with Crippen LogP contribution in [0.2, 0.25) is 0 Å². The van der Waals surface area contributed by atoms with E-state index in [9.17, 15) is 9.59 Å². The Hall–Kier alpha value is -2.76. The Morgan fingerprint density at radius 3 is 2.20 bits per heavy atom. The normalized spacial score (nSPS) is 18.0. The molecule has 0 spiro atoms. The summed E-state index contributed by atoms with van der Waals surface area (Å²) in [6.07, 6.45) is 2.41. The van der Waals surface area contributed by atoms with Crippen molar-refractivity contribution in [3.63, 3.8) is 0 Å². The molecule has 2 aliphatic rings. The Kier molecular flexibility index (Phi) is 6.11. The first-order chi connectivity index (χ1) is 14.5. The van der Waals surface area contributed by atoms with E-state index in [0.29, 0.717) is 18.0 Å². The summed E-state index contributed by atoms with van der Waals surface area (Å²) in [6.45, 7) is 8.76. The molecule has 6 nitrogen and oxygen atoms in total. The van der Waals surface area contributed by atoms with Gasteiger partial charge < -0.3 is 19.7 Å². The van der Waals surface area contributed by atoms with Gasteiger partial charge in [0.25, 0.3) is 5.91 Å². The highest BCUT2D eigenvalue weighted by Gasteiger charge is 2.29. The number of carbonyl (C=O) groups excluding carboxylic acids is 2. The second-order valence-corrected chi connectivity index (χ2v) is 8.65. The number of aromatic amines is 1. The van der Waals surface area contributed by atoms with E-state index in [1.54, 1.807) is 0 Å². The molecule has 0 unspecified atom stereocenters. The van der Waals surface area contributed by atoms with Gasteiger partial charge in [-0.3, -0.25) is 9.59 Å². The van der Waals surface area contributed by atoms with Gasteiger partial charge in [0.05, 0.1) is 0 Å². The molecule has 0 bridgehead atoms. The predicted octanol–water partition coefficient (Wildman–Crippen LogP) is 3.22. The molecule has 2 aromatic rings. The van der Waals surface area contributed by atoms with Crippen LogP contribution in [0.4, 0.5) is 5.69 Å². The van der Waals surface area contributed by atoms with Gasteiger partial charge in [-0.2, -0.15) is 0 Å². The fraction of sp³-hybridized carbons (Fsp3) is 0.500. The van der Waals surface area contributed by atoms with Crippen molar-refractivity contribution >= 4 is 17.5 Å². The minimum atomic E-state index is 0.0856. The summed E-state index contributed by atoms with van der Waals surface area (Å²) >= 11 is 0. The predicted molar refractivity (Wildman–Crippen MR) is 119 cm³/mol. The summed E-state index contributed by atoms with van der Waals surface area (Å²) in [4.78, 5) is 35.1. The van der Waals surface area contributed by atoms with Gasteiger partial charge in [0, 0.05) is 57.1 Å². The number of carbonyl (C=O) groups is 2. The number of amides is 2. The highest BCUT2D eigenvalue weighted by Crippen LogP contribution is 2.24. The molecule has 30 heavy (non-hydrogen) atoms. The maximum absolute atomic E-state index is 12.8. The maximum Gasteiger partial charge on any atom is 0.270 e. The number of aryl methyl sites for hydroxylation is 2. The number of benzene rings is 1. The second-order valence-electron chi connectivity index (χ2n) is 8.65. The molecular weight excluding hydrogens is 376 g/mol. The van der Waals surface area contributed by atoms with Crippen molar-refractivity contribution in [2.45, 2.75) is 33.1 Å². The smallest absolute Gasteiger partial charge is 0.270 e. The van der Waals surface area contributed by atoms with Crippen molar-refractivity contribution in [1.29, 1.82) is 0 Å². The summed E-state index contributed by atoms with van der Waals surface area (Å²) in [5.74, 6) is 0.728. The summed E-state index contributed by atoms with van der Waals surface area (Å²) in [7, 11) is 0. The van der Waals surface area contributed by atoms with Crippen molar-refractivity contribution in [2.24, 2.45) is 5.92 Å². The third-order valence-electron chi connectivity index (χ3n) is 6.48. The number of nitrogens with one attached hydrogen (secondary N) is 1. The van der Waals surface area contributed by atoms with E-state index in [1.165, 1.54) is 5.69 Å². The van der Waals surface area contributed by atoms with Crippen LogP contribution in [0.25, 0.3) is 0 Å². The van der Waals surface area contributed by atoms with Gasteiger partial charge in [-0.15, -0.1) is 0 Å². The Morgan fingerprint density at radius 1 is 0.933 bits per heavy atom. The lowest BCUT2D eigenvalue weighted by Gasteiger charge is -2.37. The van der Waals surface area contributed by atoms with Crippen LogP contribution in [-0.2, 0) is 4.79 Å². The molecule has 2 saturated heterocycles. The van der Waals surface area contributed by atoms with E-state index >= 15 is 0 Å². The molecule has 0 aliphatic carbocycles.